The van der Waals surface area contributed by atoms with Crippen molar-refractivity contribution in [2.45, 2.75) is 64.2 Å². The molecule has 0 spiro atoms. The fourth-order valence-electron chi connectivity index (χ4n) is 7.04. The highest BCUT2D eigenvalue weighted by Gasteiger charge is 2.28. The smallest absolute Gasteiger partial charge is 0.508 e. The first kappa shape index (κ1) is 74.9. The quantitative estimate of drug-likeness (QED) is 0.00388. The molecule has 488 valence electrons. The molecule has 2 aromatic carbocycles. The number of aromatic hydroxyl groups is 1. The summed E-state index contributed by atoms with van der Waals surface area (Å²) in [6.07, 6.45) is 9.07. The fourth-order valence-corrected chi connectivity index (χ4v) is 11.8. The summed E-state index contributed by atoms with van der Waals surface area (Å²) in [4.78, 5) is 95.3. The first-order valence-electron chi connectivity index (χ1n) is 26.0. The number of hydrogen-bond acceptors (Lipinski definition) is 29. The van der Waals surface area contributed by atoms with E-state index in [1.54, 1.807) is 10.8 Å². The number of phosphoric ester groups is 3. The van der Waals surface area contributed by atoms with E-state index in [0.717, 1.165) is 56.7 Å². The Morgan fingerprint density at radius 2 is 1.22 bits per heavy atom. The molecule has 1 aliphatic heterocycles. The predicted octanol–water partition coefficient (Wildman–Crippen LogP) is 9.25. The number of phenolic OH excluding ortho intramolecular Hbond substituents is 1. The van der Waals surface area contributed by atoms with Gasteiger partial charge in [0.2, 0.25) is 0 Å². The summed E-state index contributed by atoms with van der Waals surface area (Å²) >= 11 is 0. The number of amides is 1. The number of rotatable bonds is 50. The van der Waals surface area contributed by atoms with E-state index in [-0.39, 0.29) is 78.2 Å². The maximum absolute atomic E-state index is 13.4. The molecule has 8 N–H and O–H groups in total. The van der Waals surface area contributed by atoms with Gasteiger partial charge in [0.25, 0.3) is 5.91 Å². The molecule has 0 saturated carbocycles. The van der Waals surface area contributed by atoms with E-state index in [0.29, 0.717) is 48.0 Å². The SMILES string of the molecule is CP(=O)(O)O/C=C/OOOOOCCOP(=O)(O)OCC(CCCCNC(=O)c1ccc(-c2c3ccc(=O)cc-3oc3cc(O)ccc23)c(C(=O)O)c1)COP(=O)(O)O/C=C/OOOOOCCOP(=O)(O)OCCCCCCSSCCCCCO. The van der Waals surface area contributed by atoms with Gasteiger partial charge in [-0.2, -0.15) is 0 Å². The zero-order valence-electron chi connectivity index (χ0n) is 46.4. The highest BCUT2D eigenvalue weighted by molar-refractivity contribution is 8.76. The van der Waals surface area contributed by atoms with Crippen LogP contribution in [-0.2, 0) is 99.7 Å². The zero-order valence-corrected chi connectivity index (χ0v) is 51.6. The van der Waals surface area contributed by atoms with Gasteiger partial charge in [0.05, 0.1) is 38.6 Å². The summed E-state index contributed by atoms with van der Waals surface area (Å²) in [5.41, 5.74) is 0.450. The standard InChI is InChI=1S/C48H67NO32P4S2/c1-82(56,57)68-25-21-64-76-80-78-66-23-27-71-84(60,61)73-34-36(35-74-85(62,63)72-28-24-67-79-81-77-65-22-26-70-83(58,59)69-20-8-2-3-9-29-86-87-30-10-4-7-19-50)11-5-6-18-49-47(53)37-12-15-40(43(31-37)48(54)55)46-41-16-13-38(51)32-44(41)75-45-33-39(52)14-17-42(45)46/h12-17,21,24-25,28,31-33,36,50-51H,2-11,18-20,22-23,26-27,29-30,34-35H2,1H3,(H,49,53)(H,54,55)(H,56,57)(H,58,59)(H,60,61)(H,62,63)/b25-21+,28-24+. The van der Waals surface area contributed by atoms with E-state index in [1.807, 2.05) is 10.8 Å². The second-order valence-electron chi connectivity index (χ2n) is 17.6. The maximum Gasteiger partial charge on any atom is 0.526 e. The van der Waals surface area contributed by atoms with Crippen LogP contribution in [0.5, 0.6) is 5.75 Å². The number of hydrogen-bond donors (Lipinski definition) is 8. The number of phosphoric acid groups is 3. The van der Waals surface area contributed by atoms with Crippen molar-refractivity contribution in [3.05, 3.63) is 101 Å². The van der Waals surface area contributed by atoms with Crippen LogP contribution in [0.25, 0.3) is 33.4 Å². The summed E-state index contributed by atoms with van der Waals surface area (Å²) in [6.45, 7) is -2.24. The number of carboxylic acid groups (broad SMARTS) is 1. The molecule has 39 heteroatoms. The van der Waals surface area contributed by atoms with Gasteiger partial charge in [-0.25, -0.2) is 32.8 Å². The Kier molecular flexibility index (Phi) is 35.3. The van der Waals surface area contributed by atoms with E-state index < -0.39 is 88.5 Å². The van der Waals surface area contributed by atoms with Crippen molar-refractivity contribution in [3.63, 3.8) is 0 Å². The van der Waals surface area contributed by atoms with E-state index in [1.165, 1.54) is 54.6 Å². The molecule has 0 aromatic heterocycles. The zero-order chi connectivity index (χ0) is 63.4. The Morgan fingerprint density at radius 3 is 1.86 bits per heavy atom. The van der Waals surface area contributed by atoms with Crippen LogP contribution in [0, 0.1) is 5.92 Å². The van der Waals surface area contributed by atoms with Crippen molar-refractivity contribution in [1.82, 2.24) is 5.32 Å². The van der Waals surface area contributed by atoms with Gasteiger partial charge < -0.3 is 58.6 Å². The van der Waals surface area contributed by atoms with E-state index in [2.05, 4.69) is 64.1 Å². The summed E-state index contributed by atoms with van der Waals surface area (Å²) in [5.74, 6) is -0.954. The van der Waals surface area contributed by atoms with Gasteiger partial charge in [0, 0.05) is 91.6 Å². The number of phenols is 1. The molecular weight excluding hydrogens is 1290 g/mol. The average molecular weight is 1360 g/mol. The molecule has 4 rings (SSSR count). The average Bonchev–Trinajstić information content (AvgIpc) is 0.837. The number of nitrogens with one attached hydrogen (secondary N) is 1. The molecule has 5 atom stereocenters. The predicted molar refractivity (Wildman–Crippen MR) is 303 cm³/mol. The van der Waals surface area contributed by atoms with Gasteiger partial charge in [0.1, 0.15) is 42.8 Å². The number of carboxylic acids is 1. The Morgan fingerprint density at radius 1 is 0.621 bits per heavy atom. The minimum absolute atomic E-state index is 0.00470. The van der Waals surface area contributed by atoms with Crippen LogP contribution in [0.1, 0.15) is 84.9 Å². The fraction of sp³-hybridized carbons (Fsp3) is 0.479. The summed E-state index contributed by atoms with van der Waals surface area (Å²) < 4.78 is 87.9. The van der Waals surface area contributed by atoms with Crippen LogP contribution in [-0.4, -0.2) is 124 Å². The van der Waals surface area contributed by atoms with Crippen molar-refractivity contribution < 1.29 is 149 Å². The first-order chi connectivity index (χ1) is 41.6. The molecule has 87 heavy (non-hydrogen) atoms. The minimum atomic E-state index is -4.95. The van der Waals surface area contributed by atoms with Crippen molar-refractivity contribution in [3.8, 4) is 28.2 Å². The number of carbonyl (C=O) groups is 2. The highest BCUT2D eigenvalue weighted by Crippen LogP contribution is 2.47. The number of unbranched alkanes of at least 4 members (excludes halogenated alkanes) is 6. The first-order valence-corrected chi connectivity index (χ1v) is 35.0. The van der Waals surface area contributed by atoms with Crippen LogP contribution in [0.3, 0.4) is 0 Å². The normalized spacial score (nSPS) is 15.0. The van der Waals surface area contributed by atoms with Crippen LogP contribution in [0.2, 0.25) is 0 Å². The third-order valence-corrected chi connectivity index (χ3v) is 16.8. The summed E-state index contributed by atoms with van der Waals surface area (Å²) in [6, 6.07) is 12.2. The molecule has 0 fully saturated rings. The van der Waals surface area contributed by atoms with Gasteiger partial charge in [-0.15, -0.1) is 0 Å². The monoisotopic (exact) mass is 1360 g/mol. The second kappa shape index (κ2) is 41.0. The lowest BCUT2D eigenvalue weighted by Crippen LogP contribution is -2.25. The Bertz CT molecular complexity index is 2990. The maximum atomic E-state index is 13.4. The van der Waals surface area contributed by atoms with Crippen LogP contribution in [0.4, 0.5) is 0 Å². The molecule has 2 aliphatic rings. The number of carbonyl (C=O) groups excluding carboxylic acids is 1. The van der Waals surface area contributed by atoms with Gasteiger partial charge in [-0.1, -0.05) is 53.3 Å². The molecule has 2 aromatic rings. The summed E-state index contributed by atoms with van der Waals surface area (Å²) in [5, 5.41) is 56.9. The molecular formula is C48H67NO32P4S2. The van der Waals surface area contributed by atoms with Gasteiger partial charge >= 0.3 is 37.0 Å². The number of aliphatic hydroxyl groups is 1. The number of fused-ring (bicyclic) bond motifs is 2. The van der Waals surface area contributed by atoms with E-state index >= 15 is 0 Å². The van der Waals surface area contributed by atoms with E-state index in [4.69, 9.17) is 37.0 Å². The lowest BCUT2D eigenvalue weighted by Gasteiger charge is -2.20. The lowest BCUT2D eigenvalue weighted by molar-refractivity contribution is -0.700. The van der Waals surface area contributed by atoms with Gasteiger partial charge in [0.15, 0.2) is 18.0 Å². The Hall–Kier alpha value is -4.55. The molecule has 1 amide bonds. The van der Waals surface area contributed by atoms with Crippen molar-refractivity contribution >= 4 is 75.5 Å². The van der Waals surface area contributed by atoms with Crippen LogP contribution >= 0.6 is 52.7 Å². The number of aromatic carboxylic acids is 1. The highest BCUT2D eigenvalue weighted by atomic mass is 33.1. The summed E-state index contributed by atoms with van der Waals surface area (Å²) in [7, 11) is -14.4. The van der Waals surface area contributed by atoms with Crippen molar-refractivity contribution in [1.29, 1.82) is 0 Å². The minimum Gasteiger partial charge on any atom is -0.508 e. The molecule has 5 unspecified atom stereocenters. The molecule has 0 bridgehead atoms. The Balaban J connectivity index is 1.20. The lowest BCUT2D eigenvalue weighted by atomic mass is 9.90. The van der Waals surface area contributed by atoms with Crippen molar-refractivity contribution in [2.75, 3.05) is 77.6 Å². The number of benzene rings is 3. The molecule has 0 saturated heterocycles. The number of aliphatic hydroxyl groups excluding tert-OH is 1. The van der Waals surface area contributed by atoms with Crippen LogP contribution in [0.15, 0.2) is 88.9 Å². The topological polar surface area (TPSA) is 443 Å². The van der Waals surface area contributed by atoms with Crippen molar-refractivity contribution in [2.24, 2.45) is 5.92 Å². The molecule has 1 heterocycles. The van der Waals surface area contributed by atoms with Crippen LogP contribution < -0.4 is 10.7 Å². The van der Waals surface area contributed by atoms with E-state index in [9.17, 15) is 57.5 Å². The largest absolute Gasteiger partial charge is 0.526 e. The molecule has 0 radical (unpaired) electrons. The van der Waals surface area contributed by atoms with Gasteiger partial charge in [-0.05, 0) is 90.6 Å². The molecule has 33 nitrogen and oxygen atoms in total. The third-order valence-electron chi connectivity index (χ3n) is 10.9. The Labute approximate surface area is 504 Å². The second-order valence-corrected chi connectivity index (χ2v) is 26.5. The van der Waals surface area contributed by atoms with Gasteiger partial charge in [-0.3, -0.25) is 37.1 Å². The molecule has 1 aliphatic carbocycles. The third kappa shape index (κ3) is 32.2.